The van der Waals surface area contributed by atoms with Crippen molar-refractivity contribution < 1.29 is 17.2 Å². The summed E-state index contributed by atoms with van der Waals surface area (Å²) in [5.41, 5.74) is 3.94. The monoisotopic (exact) mass is 441 g/mol. The number of hydrogen-bond donors (Lipinski definition) is 0. The van der Waals surface area contributed by atoms with Crippen molar-refractivity contribution in [1.82, 2.24) is 18.8 Å². The SMILES string of the molecule is Cc1cc(-c2cccnc2)cn2c(/C=N/N(C)S(=O)(=O)c3cc(F)cc(F)c3)cnc12. The zero-order valence-electron chi connectivity index (χ0n) is 16.6. The van der Waals surface area contributed by atoms with Crippen LogP contribution in [0.1, 0.15) is 11.3 Å². The average molecular weight is 441 g/mol. The number of sulfonamides is 1. The van der Waals surface area contributed by atoms with Crippen LogP contribution in [-0.4, -0.2) is 40.5 Å². The highest BCUT2D eigenvalue weighted by Gasteiger charge is 2.21. The molecule has 0 aliphatic rings. The lowest BCUT2D eigenvalue weighted by molar-refractivity contribution is 0.487. The number of pyridine rings is 2. The minimum absolute atomic E-state index is 0.524. The average Bonchev–Trinajstić information content (AvgIpc) is 3.15. The summed E-state index contributed by atoms with van der Waals surface area (Å²) in [6.45, 7) is 1.91. The van der Waals surface area contributed by atoms with E-state index in [2.05, 4.69) is 15.1 Å². The summed E-state index contributed by atoms with van der Waals surface area (Å²) in [7, 11) is -3.05. The molecule has 0 saturated carbocycles. The van der Waals surface area contributed by atoms with Gasteiger partial charge < -0.3 is 0 Å². The molecule has 3 aromatic heterocycles. The molecule has 0 aliphatic carbocycles. The molecule has 7 nitrogen and oxygen atoms in total. The minimum Gasteiger partial charge on any atom is -0.298 e. The second-order valence-corrected chi connectivity index (χ2v) is 8.77. The molecule has 1 aromatic carbocycles. The molecular formula is C21H17F2N5O2S. The molecule has 0 saturated heterocycles. The lowest BCUT2D eigenvalue weighted by Crippen LogP contribution is -2.22. The van der Waals surface area contributed by atoms with Gasteiger partial charge in [-0.2, -0.15) is 17.9 Å². The molecule has 0 aliphatic heterocycles. The Morgan fingerprint density at radius 3 is 2.52 bits per heavy atom. The molecule has 0 N–H and O–H groups in total. The Kier molecular flexibility index (Phi) is 5.24. The third-order valence-electron chi connectivity index (χ3n) is 4.65. The van der Waals surface area contributed by atoms with Crippen molar-refractivity contribution in [3.8, 4) is 11.1 Å². The Morgan fingerprint density at radius 1 is 1.10 bits per heavy atom. The molecule has 158 valence electrons. The topological polar surface area (TPSA) is 79.9 Å². The van der Waals surface area contributed by atoms with Crippen molar-refractivity contribution >= 4 is 21.9 Å². The molecular weight excluding hydrogens is 424 g/mol. The van der Waals surface area contributed by atoms with Crippen LogP contribution < -0.4 is 0 Å². The van der Waals surface area contributed by atoms with Crippen LogP contribution in [0, 0.1) is 18.6 Å². The van der Waals surface area contributed by atoms with Crippen molar-refractivity contribution in [2.75, 3.05) is 7.05 Å². The van der Waals surface area contributed by atoms with E-state index in [0.717, 1.165) is 28.8 Å². The van der Waals surface area contributed by atoms with Crippen LogP contribution in [0.4, 0.5) is 8.78 Å². The van der Waals surface area contributed by atoms with E-state index in [1.54, 1.807) is 23.0 Å². The fourth-order valence-electron chi connectivity index (χ4n) is 3.10. The van der Waals surface area contributed by atoms with Gasteiger partial charge in [0.15, 0.2) is 0 Å². The second kappa shape index (κ2) is 7.88. The van der Waals surface area contributed by atoms with Crippen molar-refractivity contribution in [3.05, 3.63) is 84.1 Å². The third-order valence-corrected chi connectivity index (χ3v) is 6.27. The fraction of sp³-hybridized carbons (Fsp3) is 0.0952. The predicted molar refractivity (Wildman–Crippen MR) is 112 cm³/mol. The normalized spacial score (nSPS) is 12.0. The number of nitrogens with zero attached hydrogens (tertiary/aromatic N) is 5. The highest BCUT2D eigenvalue weighted by atomic mass is 32.2. The van der Waals surface area contributed by atoms with Crippen molar-refractivity contribution in [2.45, 2.75) is 11.8 Å². The van der Waals surface area contributed by atoms with Gasteiger partial charge in [0.25, 0.3) is 10.0 Å². The van der Waals surface area contributed by atoms with Gasteiger partial charge in [0.2, 0.25) is 0 Å². The maximum absolute atomic E-state index is 13.4. The number of rotatable bonds is 5. The van der Waals surface area contributed by atoms with E-state index in [1.165, 1.54) is 13.3 Å². The van der Waals surface area contributed by atoms with E-state index in [-0.39, 0.29) is 0 Å². The van der Waals surface area contributed by atoms with Gasteiger partial charge in [-0.25, -0.2) is 13.8 Å². The Hall–Kier alpha value is -3.66. The van der Waals surface area contributed by atoms with Gasteiger partial charge in [0.1, 0.15) is 17.3 Å². The number of hydrogen-bond acceptors (Lipinski definition) is 5. The number of aryl methyl sites for hydroxylation is 1. The second-order valence-electron chi connectivity index (χ2n) is 6.82. The molecule has 31 heavy (non-hydrogen) atoms. The predicted octanol–water partition coefficient (Wildman–Crippen LogP) is 3.64. The third kappa shape index (κ3) is 4.02. The molecule has 0 amide bonds. The number of aromatic nitrogens is 3. The molecule has 0 atom stereocenters. The highest BCUT2D eigenvalue weighted by Crippen LogP contribution is 2.23. The fourth-order valence-corrected chi connectivity index (χ4v) is 4.09. The standard InChI is InChI=1S/C21H17F2N5O2S/c1-14-6-16(15-4-3-5-24-10-15)13-28-19(11-25-21(14)28)12-26-27(2)31(29,30)20-8-17(22)7-18(23)9-20/h3-13H,1-2H3/b26-12+. The lowest BCUT2D eigenvalue weighted by Gasteiger charge is -2.13. The van der Waals surface area contributed by atoms with Crippen LogP contribution in [0.15, 0.2) is 71.2 Å². The van der Waals surface area contributed by atoms with Gasteiger partial charge >= 0.3 is 0 Å². The summed E-state index contributed by atoms with van der Waals surface area (Å²) in [5, 5.41) is 3.96. The van der Waals surface area contributed by atoms with Gasteiger partial charge in [-0.1, -0.05) is 6.07 Å². The summed E-state index contributed by atoms with van der Waals surface area (Å²) in [5.74, 6) is -1.98. The quantitative estimate of drug-likeness (QED) is 0.350. The zero-order chi connectivity index (χ0) is 22.2. The molecule has 0 spiro atoms. The first kappa shape index (κ1) is 20.6. The first-order chi connectivity index (χ1) is 14.8. The number of imidazole rings is 1. The van der Waals surface area contributed by atoms with Gasteiger partial charge in [-0.15, -0.1) is 0 Å². The number of halogens is 2. The number of benzene rings is 1. The maximum Gasteiger partial charge on any atom is 0.278 e. The van der Waals surface area contributed by atoms with E-state index in [9.17, 15) is 17.2 Å². The minimum atomic E-state index is -4.23. The summed E-state index contributed by atoms with van der Waals surface area (Å²) in [6.07, 6.45) is 8.15. The smallest absolute Gasteiger partial charge is 0.278 e. The highest BCUT2D eigenvalue weighted by molar-refractivity contribution is 7.89. The van der Waals surface area contributed by atoms with E-state index >= 15 is 0 Å². The summed E-state index contributed by atoms with van der Waals surface area (Å²) < 4.78 is 54.5. The molecule has 0 bridgehead atoms. The van der Waals surface area contributed by atoms with E-state index < -0.39 is 26.6 Å². The molecule has 0 fully saturated rings. The molecule has 10 heteroatoms. The van der Waals surface area contributed by atoms with E-state index in [4.69, 9.17) is 0 Å². The molecule has 3 heterocycles. The van der Waals surface area contributed by atoms with Crippen molar-refractivity contribution in [1.29, 1.82) is 0 Å². The van der Waals surface area contributed by atoms with E-state index in [0.29, 0.717) is 21.8 Å². The van der Waals surface area contributed by atoms with Gasteiger partial charge in [0, 0.05) is 42.8 Å². The number of fused-ring (bicyclic) bond motifs is 1. The van der Waals surface area contributed by atoms with E-state index in [1.807, 2.05) is 31.3 Å². The maximum atomic E-state index is 13.4. The Balaban J connectivity index is 1.70. The molecule has 0 radical (unpaired) electrons. The summed E-state index contributed by atoms with van der Waals surface area (Å²) >= 11 is 0. The van der Waals surface area contributed by atoms with Crippen LogP contribution in [-0.2, 0) is 10.0 Å². The van der Waals surface area contributed by atoms with Crippen LogP contribution >= 0.6 is 0 Å². The first-order valence-corrected chi connectivity index (χ1v) is 10.6. The van der Waals surface area contributed by atoms with Gasteiger partial charge in [0.05, 0.1) is 23.0 Å². The van der Waals surface area contributed by atoms with Gasteiger partial charge in [-0.3, -0.25) is 9.38 Å². The first-order valence-electron chi connectivity index (χ1n) is 9.13. The van der Waals surface area contributed by atoms with Crippen molar-refractivity contribution in [3.63, 3.8) is 0 Å². The van der Waals surface area contributed by atoms with Crippen LogP contribution in [0.5, 0.6) is 0 Å². The molecule has 0 unspecified atom stereocenters. The molecule has 4 aromatic rings. The summed E-state index contributed by atoms with van der Waals surface area (Å²) in [4.78, 5) is 7.96. The Labute approximate surface area is 177 Å². The van der Waals surface area contributed by atoms with Crippen molar-refractivity contribution in [2.24, 2.45) is 5.10 Å². The largest absolute Gasteiger partial charge is 0.298 e. The van der Waals surface area contributed by atoms with Crippen LogP contribution in [0.3, 0.4) is 0 Å². The van der Waals surface area contributed by atoms with Gasteiger partial charge in [-0.05, 0) is 36.8 Å². The Bertz CT molecular complexity index is 1380. The van der Waals surface area contributed by atoms with Crippen LogP contribution in [0.2, 0.25) is 0 Å². The Morgan fingerprint density at radius 2 is 1.84 bits per heavy atom. The zero-order valence-corrected chi connectivity index (χ0v) is 17.4. The number of hydrazone groups is 1. The van der Waals surface area contributed by atoms with Crippen LogP contribution in [0.25, 0.3) is 16.8 Å². The lowest BCUT2D eigenvalue weighted by atomic mass is 10.1. The molecule has 4 rings (SSSR count). The summed E-state index contributed by atoms with van der Waals surface area (Å²) in [6, 6.07) is 7.82.